The third-order valence-corrected chi connectivity index (χ3v) is 7.69. The standard InChI is InChI=1S/C23H27FN2O6S/c24-16-5-4-8-20(11-16)33(29,30)26-13-18(27)14-31-15-22-21(26)10-9-19(32-22)12-23(28)25-17-6-2-1-3-7-17/h1-8,11,18-19,21-22,27H,9-10,12-15H2,(H,25,28)/t18-,19+,21-,22+/m0/s1. The van der Waals surface area contributed by atoms with E-state index in [1.165, 1.54) is 22.5 Å². The smallest absolute Gasteiger partial charge is 0.243 e. The van der Waals surface area contributed by atoms with Gasteiger partial charge in [-0.1, -0.05) is 24.3 Å². The number of anilines is 1. The number of rotatable bonds is 5. The maximum Gasteiger partial charge on any atom is 0.243 e. The van der Waals surface area contributed by atoms with Crippen molar-refractivity contribution in [2.45, 2.75) is 48.5 Å². The molecule has 4 atom stereocenters. The molecule has 2 aliphatic heterocycles. The fourth-order valence-corrected chi connectivity index (χ4v) is 6.02. The quantitative estimate of drug-likeness (QED) is 0.682. The van der Waals surface area contributed by atoms with Crippen molar-refractivity contribution < 1.29 is 32.2 Å². The zero-order valence-electron chi connectivity index (χ0n) is 18.0. The lowest BCUT2D eigenvalue weighted by atomic mass is 9.96. The number of hydrogen-bond donors (Lipinski definition) is 2. The second-order valence-corrected chi connectivity index (χ2v) is 10.2. The summed E-state index contributed by atoms with van der Waals surface area (Å²) >= 11 is 0. The van der Waals surface area contributed by atoms with E-state index in [2.05, 4.69) is 5.32 Å². The largest absolute Gasteiger partial charge is 0.389 e. The maximum atomic E-state index is 13.7. The Morgan fingerprint density at radius 2 is 1.91 bits per heavy atom. The zero-order chi connectivity index (χ0) is 23.4. The number of para-hydroxylation sites is 1. The van der Waals surface area contributed by atoms with Crippen molar-refractivity contribution in [3.63, 3.8) is 0 Å². The average molecular weight is 479 g/mol. The number of halogens is 1. The molecule has 0 bridgehead atoms. The number of benzene rings is 2. The van der Waals surface area contributed by atoms with E-state index >= 15 is 0 Å². The van der Waals surface area contributed by atoms with E-state index in [0.29, 0.717) is 18.5 Å². The van der Waals surface area contributed by atoms with Gasteiger partial charge in [0.05, 0.1) is 48.9 Å². The van der Waals surface area contributed by atoms with Gasteiger partial charge < -0.3 is 19.9 Å². The highest BCUT2D eigenvalue weighted by Crippen LogP contribution is 2.31. The van der Waals surface area contributed by atoms with Crippen molar-refractivity contribution in [2.75, 3.05) is 25.1 Å². The fourth-order valence-electron chi connectivity index (χ4n) is 4.27. The van der Waals surface area contributed by atoms with Gasteiger partial charge >= 0.3 is 0 Å². The summed E-state index contributed by atoms with van der Waals surface area (Å²) in [6, 6.07) is 13.3. The molecule has 2 fully saturated rings. The molecule has 2 aliphatic rings. The molecule has 0 aliphatic carbocycles. The van der Waals surface area contributed by atoms with E-state index in [-0.39, 0.29) is 37.0 Å². The average Bonchev–Trinajstić information content (AvgIpc) is 2.77. The molecule has 2 aromatic rings. The molecule has 4 rings (SSSR count). The fraction of sp³-hybridized carbons (Fsp3) is 0.435. The first-order valence-electron chi connectivity index (χ1n) is 10.9. The molecule has 0 unspecified atom stereocenters. The molecule has 0 spiro atoms. The molecule has 178 valence electrons. The minimum Gasteiger partial charge on any atom is -0.389 e. The molecular weight excluding hydrogens is 451 g/mol. The number of β-amino-alcohol motifs (C(OH)–C–C–N with tert-alkyl or cyclic N) is 1. The van der Waals surface area contributed by atoms with Crippen LogP contribution in [0.1, 0.15) is 19.3 Å². The Hall–Kier alpha value is -2.37. The normalized spacial score (nSPS) is 26.6. The molecule has 0 saturated carbocycles. The highest BCUT2D eigenvalue weighted by Gasteiger charge is 2.43. The van der Waals surface area contributed by atoms with E-state index < -0.39 is 40.2 Å². The third-order valence-electron chi connectivity index (χ3n) is 5.81. The van der Waals surface area contributed by atoms with Gasteiger partial charge in [0.2, 0.25) is 15.9 Å². The van der Waals surface area contributed by atoms with E-state index in [1.807, 2.05) is 18.2 Å². The Kier molecular flexibility index (Phi) is 7.40. The molecule has 1 amide bonds. The first-order chi connectivity index (χ1) is 15.8. The number of nitrogens with zero attached hydrogens (tertiary/aromatic N) is 1. The number of hydrogen-bond acceptors (Lipinski definition) is 6. The van der Waals surface area contributed by atoms with E-state index in [0.717, 1.165) is 6.07 Å². The monoisotopic (exact) mass is 478 g/mol. The second kappa shape index (κ2) is 10.3. The molecule has 0 radical (unpaired) electrons. The van der Waals surface area contributed by atoms with E-state index in [9.17, 15) is 22.7 Å². The van der Waals surface area contributed by atoms with Crippen molar-refractivity contribution in [1.29, 1.82) is 0 Å². The number of aliphatic hydroxyl groups is 1. The summed E-state index contributed by atoms with van der Waals surface area (Å²) in [4.78, 5) is 12.3. The third kappa shape index (κ3) is 5.77. The Labute approximate surface area is 192 Å². The number of carbonyl (C=O) groups excluding carboxylic acids is 1. The minimum absolute atomic E-state index is 0.0547. The molecule has 0 aromatic heterocycles. The van der Waals surface area contributed by atoms with Gasteiger partial charge in [0.15, 0.2) is 0 Å². The molecule has 2 N–H and O–H groups in total. The highest BCUT2D eigenvalue weighted by atomic mass is 32.2. The minimum atomic E-state index is -4.09. The predicted octanol–water partition coefficient (Wildman–Crippen LogP) is 2.15. The maximum absolute atomic E-state index is 13.7. The van der Waals surface area contributed by atoms with Crippen LogP contribution in [-0.2, 0) is 24.3 Å². The Morgan fingerprint density at radius 1 is 1.12 bits per heavy atom. The van der Waals surface area contributed by atoms with Crippen LogP contribution in [0.2, 0.25) is 0 Å². The van der Waals surface area contributed by atoms with Gasteiger partial charge in [-0.15, -0.1) is 0 Å². The van der Waals surface area contributed by atoms with E-state index in [4.69, 9.17) is 9.47 Å². The van der Waals surface area contributed by atoms with Crippen LogP contribution in [0.15, 0.2) is 59.5 Å². The molecule has 2 saturated heterocycles. The lowest BCUT2D eigenvalue weighted by Gasteiger charge is -2.43. The Morgan fingerprint density at radius 3 is 2.67 bits per heavy atom. The summed E-state index contributed by atoms with van der Waals surface area (Å²) in [6.45, 7) is -0.169. The second-order valence-electron chi connectivity index (χ2n) is 8.28. The van der Waals surface area contributed by atoms with Gasteiger partial charge in [0, 0.05) is 12.2 Å². The molecule has 2 aromatic carbocycles. The number of aliphatic hydroxyl groups excluding tert-OH is 1. The summed E-state index contributed by atoms with van der Waals surface area (Å²) in [6.07, 6.45) is -1.06. The van der Waals surface area contributed by atoms with Crippen LogP contribution in [0.5, 0.6) is 0 Å². The number of nitrogens with one attached hydrogen (secondary N) is 1. The summed E-state index contributed by atoms with van der Waals surface area (Å²) < 4.78 is 53.3. The number of sulfonamides is 1. The molecule has 33 heavy (non-hydrogen) atoms. The van der Waals surface area contributed by atoms with Crippen molar-refractivity contribution in [3.05, 3.63) is 60.4 Å². The molecule has 2 heterocycles. The lowest BCUT2D eigenvalue weighted by Crippen LogP contribution is -2.57. The summed E-state index contributed by atoms with van der Waals surface area (Å²) in [5.74, 6) is -0.857. The van der Waals surface area contributed by atoms with Gasteiger partial charge in [-0.3, -0.25) is 4.79 Å². The summed E-state index contributed by atoms with van der Waals surface area (Å²) in [5.41, 5.74) is 0.687. The molecular formula is C23H27FN2O6S. The van der Waals surface area contributed by atoms with Crippen molar-refractivity contribution >= 4 is 21.6 Å². The van der Waals surface area contributed by atoms with Crippen LogP contribution in [0.3, 0.4) is 0 Å². The SMILES string of the molecule is O=C(C[C@H]1CC[C@H]2[C@@H](COC[C@@H](O)CN2S(=O)(=O)c2cccc(F)c2)O1)Nc1ccccc1. The van der Waals surface area contributed by atoms with Crippen LogP contribution in [0, 0.1) is 5.82 Å². The first kappa shape index (κ1) is 23.8. The zero-order valence-corrected chi connectivity index (χ0v) is 18.8. The number of amides is 1. The highest BCUT2D eigenvalue weighted by molar-refractivity contribution is 7.89. The Balaban J connectivity index is 1.49. The van der Waals surface area contributed by atoms with Gasteiger partial charge in [-0.2, -0.15) is 4.31 Å². The van der Waals surface area contributed by atoms with Crippen LogP contribution in [0.4, 0.5) is 10.1 Å². The molecule has 10 heteroatoms. The number of fused-ring (bicyclic) bond motifs is 1. The van der Waals surface area contributed by atoms with Gasteiger partial charge in [-0.25, -0.2) is 12.8 Å². The first-order valence-corrected chi connectivity index (χ1v) is 12.3. The number of carbonyl (C=O) groups is 1. The lowest BCUT2D eigenvalue weighted by molar-refractivity contribution is -0.144. The Bertz CT molecular complexity index is 1070. The summed E-state index contributed by atoms with van der Waals surface area (Å²) in [7, 11) is -4.09. The number of ether oxygens (including phenoxy) is 2. The van der Waals surface area contributed by atoms with Crippen LogP contribution >= 0.6 is 0 Å². The van der Waals surface area contributed by atoms with Crippen LogP contribution in [0.25, 0.3) is 0 Å². The van der Waals surface area contributed by atoms with Crippen molar-refractivity contribution in [2.24, 2.45) is 0 Å². The van der Waals surface area contributed by atoms with Crippen LogP contribution in [-0.4, -0.2) is 67.8 Å². The summed E-state index contributed by atoms with van der Waals surface area (Å²) in [5, 5.41) is 13.1. The van der Waals surface area contributed by atoms with Gasteiger partial charge in [0.1, 0.15) is 5.82 Å². The van der Waals surface area contributed by atoms with Gasteiger partial charge in [-0.05, 0) is 43.2 Å². The van der Waals surface area contributed by atoms with E-state index in [1.54, 1.807) is 12.1 Å². The predicted molar refractivity (Wildman–Crippen MR) is 118 cm³/mol. The topological polar surface area (TPSA) is 105 Å². The van der Waals surface area contributed by atoms with Crippen molar-refractivity contribution in [3.8, 4) is 0 Å². The van der Waals surface area contributed by atoms with Crippen molar-refractivity contribution in [1.82, 2.24) is 4.31 Å². The van der Waals surface area contributed by atoms with Crippen LogP contribution < -0.4 is 5.32 Å². The van der Waals surface area contributed by atoms with Gasteiger partial charge in [0.25, 0.3) is 0 Å². The molecule has 8 nitrogen and oxygen atoms in total.